The molecule has 1 atom stereocenters. The van der Waals surface area contributed by atoms with Crippen molar-refractivity contribution >= 4 is 15.9 Å². The minimum absolute atomic E-state index is 0.135. The molecule has 3 N–H and O–H groups in total. The van der Waals surface area contributed by atoms with E-state index in [0.717, 1.165) is 21.3 Å². The molecule has 5 nitrogen and oxygen atoms in total. The van der Waals surface area contributed by atoms with Gasteiger partial charge >= 0.3 is 0 Å². The molecule has 17 heavy (non-hydrogen) atoms. The highest BCUT2D eigenvalue weighted by Crippen LogP contribution is 2.27. The minimum atomic E-state index is -0.135. The summed E-state index contributed by atoms with van der Waals surface area (Å²) < 4.78 is 2.71. The van der Waals surface area contributed by atoms with Crippen molar-refractivity contribution in [2.75, 3.05) is 0 Å². The number of halogens is 1. The summed E-state index contributed by atoms with van der Waals surface area (Å²) in [6.45, 7) is 2.00. The van der Waals surface area contributed by atoms with Crippen LogP contribution in [0.1, 0.15) is 22.9 Å². The third kappa shape index (κ3) is 2.38. The molecule has 0 spiro atoms. The highest BCUT2D eigenvalue weighted by molar-refractivity contribution is 9.10. The first-order valence-electron chi connectivity index (χ1n) is 5.18. The molecule has 0 saturated carbocycles. The van der Waals surface area contributed by atoms with Crippen LogP contribution in [0.4, 0.5) is 0 Å². The first kappa shape index (κ1) is 12.2. The molecule has 0 aliphatic heterocycles. The second kappa shape index (κ2) is 4.95. The van der Waals surface area contributed by atoms with E-state index in [1.807, 2.05) is 20.2 Å². The smallest absolute Gasteiger partial charge is 0.0904 e. The normalized spacial score (nSPS) is 12.7. The van der Waals surface area contributed by atoms with Crippen LogP contribution in [0.25, 0.3) is 0 Å². The van der Waals surface area contributed by atoms with E-state index in [9.17, 15) is 0 Å². The zero-order chi connectivity index (χ0) is 12.4. The number of aryl methyl sites for hydroxylation is 2. The van der Waals surface area contributed by atoms with E-state index in [4.69, 9.17) is 5.84 Å². The van der Waals surface area contributed by atoms with E-state index < -0.39 is 0 Å². The molecule has 6 heteroatoms. The second-order valence-corrected chi connectivity index (χ2v) is 4.75. The average molecular weight is 296 g/mol. The van der Waals surface area contributed by atoms with Gasteiger partial charge in [-0.3, -0.25) is 15.5 Å². The lowest BCUT2D eigenvalue weighted by Gasteiger charge is -2.17. The number of pyridine rings is 1. The summed E-state index contributed by atoms with van der Waals surface area (Å²) in [5, 5.41) is 4.19. The number of nitrogens with zero attached hydrogens (tertiary/aromatic N) is 3. The van der Waals surface area contributed by atoms with Gasteiger partial charge in [0.05, 0.1) is 22.4 Å². The van der Waals surface area contributed by atoms with Crippen LogP contribution in [0.3, 0.4) is 0 Å². The number of hydrogen-bond acceptors (Lipinski definition) is 4. The standard InChI is InChI=1S/C11H14BrN5/c1-7-3-8(5-14-4-7)10(16-13)11-9(12)6-15-17(11)2/h3-6,10,16H,13H2,1-2H3. The van der Waals surface area contributed by atoms with Gasteiger partial charge in [0.1, 0.15) is 0 Å². The van der Waals surface area contributed by atoms with Gasteiger partial charge in [-0.15, -0.1) is 0 Å². The van der Waals surface area contributed by atoms with Gasteiger partial charge in [0.25, 0.3) is 0 Å². The summed E-state index contributed by atoms with van der Waals surface area (Å²) in [6.07, 6.45) is 5.37. The number of nitrogens with one attached hydrogen (secondary N) is 1. The average Bonchev–Trinajstić information content (AvgIpc) is 2.62. The Hall–Kier alpha value is -1.24. The molecule has 0 saturated heterocycles. The minimum Gasteiger partial charge on any atom is -0.271 e. The van der Waals surface area contributed by atoms with Crippen LogP contribution in [0.15, 0.2) is 29.1 Å². The number of rotatable bonds is 3. The predicted molar refractivity (Wildman–Crippen MR) is 69.0 cm³/mol. The van der Waals surface area contributed by atoms with Gasteiger partial charge in [0.15, 0.2) is 0 Å². The van der Waals surface area contributed by atoms with Crippen LogP contribution in [-0.4, -0.2) is 14.8 Å². The zero-order valence-electron chi connectivity index (χ0n) is 9.68. The highest BCUT2D eigenvalue weighted by atomic mass is 79.9. The lowest BCUT2D eigenvalue weighted by atomic mass is 10.1. The van der Waals surface area contributed by atoms with Gasteiger partial charge in [0.2, 0.25) is 0 Å². The SMILES string of the molecule is Cc1cncc(C(NN)c2c(Br)cnn2C)c1. The quantitative estimate of drug-likeness (QED) is 0.664. The molecule has 90 valence electrons. The Bertz CT molecular complexity index is 503. The van der Waals surface area contributed by atoms with Gasteiger partial charge in [-0.2, -0.15) is 5.10 Å². The summed E-state index contributed by atoms with van der Waals surface area (Å²) >= 11 is 3.48. The van der Waals surface area contributed by atoms with Crippen molar-refractivity contribution in [1.82, 2.24) is 20.2 Å². The second-order valence-electron chi connectivity index (χ2n) is 3.90. The molecule has 0 aliphatic rings. The van der Waals surface area contributed by atoms with Gasteiger partial charge in [0, 0.05) is 19.4 Å². The molecule has 1 unspecified atom stereocenters. The van der Waals surface area contributed by atoms with E-state index in [2.05, 4.69) is 37.5 Å². The topological polar surface area (TPSA) is 68.8 Å². The Kier molecular flexibility index (Phi) is 3.56. The van der Waals surface area contributed by atoms with Crippen molar-refractivity contribution in [2.24, 2.45) is 12.9 Å². The molecule has 0 radical (unpaired) electrons. The summed E-state index contributed by atoms with van der Waals surface area (Å²) in [4.78, 5) is 4.18. The van der Waals surface area contributed by atoms with Gasteiger partial charge in [-0.25, -0.2) is 5.43 Å². The number of hydrogen-bond donors (Lipinski definition) is 2. The van der Waals surface area contributed by atoms with Gasteiger partial charge < -0.3 is 0 Å². The van der Waals surface area contributed by atoms with Crippen molar-refractivity contribution in [3.8, 4) is 0 Å². The molecule has 0 fully saturated rings. The van der Waals surface area contributed by atoms with E-state index >= 15 is 0 Å². The molecule has 2 aromatic heterocycles. The summed E-state index contributed by atoms with van der Waals surface area (Å²) in [6, 6.07) is 1.92. The van der Waals surface area contributed by atoms with E-state index in [0.29, 0.717) is 0 Å². The fourth-order valence-corrected chi connectivity index (χ4v) is 2.39. The monoisotopic (exact) mass is 295 g/mol. The maximum Gasteiger partial charge on any atom is 0.0904 e. The molecule has 2 rings (SSSR count). The molecule has 2 heterocycles. The summed E-state index contributed by atoms with van der Waals surface area (Å²) in [5.41, 5.74) is 5.88. The van der Waals surface area contributed by atoms with Crippen LogP contribution in [0.2, 0.25) is 0 Å². The first-order valence-corrected chi connectivity index (χ1v) is 5.98. The predicted octanol–water partition coefficient (Wildman–Crippen LogP) is 1.44. The molecule has 0 bridgehead atoms. The van der Waals surface area contributed by atoms with E-state index in [-0.39, 0.29) is 6.04 Å². The third-order valence-electron chi connectivity index (χ3n) is 2.61. The fourth-order valence-electron chi connectivity index (χ4n) is 1.81. The third-order valence-corrected chi connectivity index (χ3v) is 3.22. The lowest BCUT2D eigenvalue weighted by molar-refractivity contribution is 0.571. The van der Waals surface area contributed by atoms with E-state index in [1.54, 1.807) is 17.1 Å². The summed E-state index contributed by atoms with van der Waals surface area (Å²) in [5.74, 6) is 5.64. The lowest BCUT2D eigenvalue weighted by Crippen LogP contribution is -2.30. The van der Waals surface area contributed by atoms with Crippen LogP contribution in [-0.2, 0) is 7.05 Å². The van der Waals surface area contributed by atoms with Crippen molar-refractivity contribution in [3.63, 3.8) is 0 Å². The van der Waals surface area contributed by atoms with E-state index in [1.165, 1.54) is 0 Å². The Morgan fingerprint density at radius 2 is 2.18 bits per heavy atom. The van der Waals surface area contributed by atoms with Crippen molar-refractivity contribution in [1.29, 1.82) is 0 Å². The molecular weight excluding hydrogens is 282 g/mol. The number of aromatic nitrogens is 3. The Morgan fingerprint density at radius 1 is 1.41 bits per heavy atom. The molecule has 0 amide bonds. The molecule has 0 aliphatic carbocycles. The maximum atomic E-state index is 5.64. The maximum absolute atomic E-state index is 5.64. The van der Waals surface area contributed by atoms with Crippen molar-refractivity contribution in [2.45, 2.75) is 13.0 Å². The zero-order valence-corrected chi connectivity index (χ0v) is 11.3. The Balaban J connectivity index is 2.47. The van der Waals surface area contributed by atoms with Crippen LogP contribution in [0.5, 0.6) is 0 Å². The van der Waals surface area contributed by atoms with Crippen LogP contribution in [0, 0.1) is 6.92 Å². The Labute approximate surface area is 108 Å². The molecular formula is C11H14BrN5. The molecule has 0 aromatic carbocycles. The first-order chi connectivity index (χ1) is 8.13. The molecule has 2 aromatic rings. The van der Waals surface area contributed by atoms with Crippen LogP contribution < -0.4 is 11.3 Å². The van der Waals surface area contributed by atoms with Crippen LogP contribution >= 0.6 is 15.9 Å². The van der Waals surface area contributed by atoms with Gasteiger partial charge in [-0.05, 0) is 34.0 Å². The largest absolute Gasteiger partial charge is 0.271 e. The van der Waals surface area contributed by atoms with Crippen molar-refractivity contribution < 1.29 is 0 Å². The number of nitrogens with two attached hydrogens (primary N) is 1. The van der Waals surface area contributed by atoms with Gasteiger partial charge in [-0.1, -0.05) is 6.07 Å². The summed E-state index contributed by atoms with van der Waals surface area (Å²) in [7, 11) is 1.88. The Morgan fingerprint density at radius 3 is 2.71 bits per heavy atom. The number of hydrazine groups is 1. The highest BCUT2D eigenvalue weighted by Gasteiger charge is 2.19. The van der Waals surface area contributed by atoms with Crippen molar-refractivity contribution in [3.05, 3.63) is 46.0 Å². The fraction of sp³-hybridized carbons (Fsp3) is 0.273.